The summed E-state index contributed by atoms with van der Waals surface area (Å²) in [6.07, 6.45) is 1.52. The van der Waals surface area contributed by atoms with Crippen LogP contribution in [0.2, 0.25) is 0 Å². The molecule has 2 aromatic heterocycles. The van der Waals surface area contributed by atoms with Crippen LogP contribution in [0.3, 0.4) is 0 Å². The van der Waals surface area contributed by atoms with Gasteiger partial charge in [-0.1, -0.05) is 47.7 Å². The zero-order chi connectivity index (χ0) is 24.4. The predicted octanol–water partition coefficient (Wildman–Crippen LogP) is 2.72. The van der Waals surface area contributed by atoms with Gasteiger partial charge in [-0.05, 0) is 33.2 Å². The number of hydrogen-bond donors (Lipinski definition) is 2. The highest BCUT2D eigenvalue weighted by Crippen LogP contribution is 2.28. The molecule has 0 unspecified atom stereocenters. The van der Waals surface area contributed by atoms with Gasteiger partial charge in [-0.3, -0.25) is 14.9 Å². The van der Waals surface area contributed by atoms with Gasteiger partial charge in [0.2, 0.25) is 11.6 Å². The van der Waals surface area contributed by atoms with Crippen LogP contribution in [0, 0.1) is 10.1 Å². The molecule has 0 radical (unpaired) electrons. The standard InChI is InChI=1S/C22H15N9O4/c23-20-21(28-35-27-20)30-19(14-8-10-16(11-9-14)31(33)34)18(25-29-30)22(32)26-24-12-15-6-3-5-13-4-1-2-7-17(13)15/h1-12H,(H2,23,27)(H,26,32)/b24-12-. The first-order valence-corrected chi connectivity index (χ1v) is 10.1. The molecule has 1 amide bonds. The number of non-ortho nitro benzene ring substituents is 1. The maximum Gasteiger partial charge on any atom is 0.294 e. The van der Waals surface area contributed by atoms with Crippen molar-refractivity contribution >= 4 is 34.4 Å². The summed E-state index contributed by atoms with van der Waals surface area (Å²) in [4.78, 5) is 23.5. The Morgan fingerprint density at radius 3 is 2.60 bits per heavy atom. The van der Waals surface area contributed by atoms with Gasteiger partial charge in [-0.15, -0.1) is 5.10 Å². The Balaban J connectivity index is 1.50. The number of amides is 1. The number of rotatable bonds is 6. The van der Waals surface area contributed by atoms with Gasteiger partial charge in [-0.2, -0.15) is 9.78 Å². The van der Waals surface area contributed by atoms with E-state index >= 15 is 0 Å². The Morgan fingerprint density at radius 2 is 1.86 bits per heavy atom. The van der Waals surface area contributed by atoms with E-state index in [2.05, 4.69) is 35.8 Å². The first-order chi connectivity index (χ1) is 17.0. The molecule has 0 aliphatic carbocycles. The molecule has 0 fully saturated rings. The zero-order valence-corrected chi connectivity index (χ0v) is 17.8. The lowest BCUT2D eigenvalue weighted by Crippen LogP contribution is -2.19. The monoisotopic (exact) mass is 469 g/mol. The molecule has 35 heavy (non-hydrogen) atoms. The first-order valence-electron chi connectivity index (χ1n) is 10.1. The number of anilines is 1. The van der Waals surface area contributed by atoms with Crippen LogP contribution in [0.25, 0.3) is 27.8 Å². The number of fused-ring (bicyclic) bond motifs is 1. The van der Waals surface area contributed by atoms with Crippen LogP contribution in [-0.4, -0.2) is 42.4 Å². The number of nitrogens with one attached hydrogen (secondary N) is 1. The third kappa shape index (κ3) is 4.04. The van der Waals surface area contributed by atoms with Crippen molar-refractivity contribution in [3.8, 4) is 17.1 Å². The van der Waals surface area contributed by atoms with Crippen molar-refractivity contribution in [2.24, 2.45) is 5.10 Å². The maximum atomic E-state index is 13.0. The van der Waals surface area contributed by atoms with Crippen LogP contribution < -0.4 is 11.2 Å². The SMILES string of the molecule is Nc1nonc1-n1nnc(C(=O)N/N=C\c2cccc3ccccc23)c1-c1ccc([N+](=O)[O-])cc1. The Bertz CT molecular complexity index is 1580. The van der Waals surface area contributed by atoms with E-state index in [1.165, 1.54) is 30.5 Å². The number of nitro groups is 1. The van der Waals surface area contributed by atoms with Gasteiger partial charge in [0.25, 0.3) is 11.6 Å². The number of aromatic nitrogens is 5. The van der Waals surface area contributed by atoms with Crippen molar-refractivity contribution in [1.29, 1.82) is 0 Å². The van der Waals surface area contributed by atoms with Gasteiger partial charge >= 0.3 is 0 Å². The Hall–Kier alpha value is -5.46. The van der Waals surface area contributed by atoms with Crippen LogP contribution >= 0.6 is 0 Å². The van der Waals surface area contributed by atoms with E-state index < -0.39 is 10.8 Å². The number of nitrogens with two attached hydrogens (primary N) is 1. The number of carbonyl (C=O) groups excluding carboxylic acids is 1. The third-order valence-electron chi connectivity index (χ3n) is 5.13. The van der Waals surface area contributed by atoms with Gasteiger partial charge in [-0.25, -0.2) is 10.1 Å². The van der Waals surface area contributed by atoms with E-state index in [0.717, 1.165) is 21.0 Å². The fourth-order valence-corrected chi connectivity index (χ4v) is 3.50. The summed E-state index contributed by atoms with van der Waals surface area (Å²) >= 11 is 0. The molecule has 13 nitrogen and oxygen atoms in total. The highest BCUT2D eigenvalue weighted by molar-refractivity contribution is 6.01. The van der Waals surface area contributed by atoms with Crippen molar-refractivity contribution < 1.29 is 14.3 Å². The molecule has 0 bridgehead atoms. The molecule has 172 valence electrons. The number of nitrogens with zero attached hydrogens (tertiary/aromatic N) is 7. The molecule has 0 saturated carbocycles. The summed E-state index contributed by atoms with van der Waals surface area (Å²) in [5.74, 6) is -0.751. The molecule has 5 rings (SSSR count). The van der Waals surface area contributed by atoms with Crippen molar-refractivity contribution in [1.82, 2.24) is 30.7 Å². The lowest BCUT2D eigenvalue weighted by atomic mass is 10.1. The zero-order valence-electron chi connectivity index (χ0n) is 17.8. The van der Waals surface area contributed by atoms with Crippen LogP contribution in [0.5, 0.6) is 0 Å². The number of nitro benzene ring substituents is 1. The second kappa shape index (κ2) is 8.82. The molecule has 0 spiro atoms. The molecule has 3 aromatic carbocycles. The fourth-order valence-electron chi connectivity index (χ4n) is 3.50. The molecule has 13 heteroatoms. The van der Waals surface area contributed by atoms with Gasteiger partial charge in [0.1, 0.15) is 5.69 Å². The average molecular weight is 469 g/mol. The van der Waals surface area contributed by atoms with Gasteiger partial charge in [0, 0.05) is 23.3 Å². The molecule has 2 heterocycles. The molecule has 0 saturated heterocycles. The van der Waals surface area contributed by atoms with E-state index in [1.807, 2.05) is 42.5 Å². The minimum atomic E-state index is -0.670. The highest BCUT2D eigenvalue weighted by Gasteiger charge is 2.25. The van der Waals surface area contributed by atoms with E-state index in [9.17, 15) is 14.9 Å². The molecular weight excluding hydrogens is 454 g/mol. The van der Waals surface area contributed by atoms with E-state index in [1.54, 1.807) is 0 Å². The number of hydrogen-bond acceptors (Lipinski definition) is 10. The predicted molar refractivity (Wildman–Crippen MR) is 125 cm³/mol. The molecular formula is C22H15N9O4. The van der Waals surface area contributed by atoms with Gasteiger partial charge in [0.15, 0.2) is 5.69 Å². The van der Waals surface area contributed by atoms with Crippen LogP contribution in [0.4, 0.5) is 11.5 Å². The molecule has 0 aliphatic heterocycles. The van der Waals surface area contributed by atoms with Crippen LogP contribution in [0.15, 0.2) is 76.5 Å². The second-order valence-corrected chi connectivity index (χ2v) is 7.24. The lowest BCUT2D eigenvalue weighted by molar-refractivity contribution is -0.384. The number of carbonyl (C=O) groups is 1. The summed E-state index contributed by atoms with van der Waals surface area (Å²) in [5, 5.41) is 32.2. The number of benzene rings is 3. The van der Waals surface area contributed by atoms with Crippen molar-refractivity contribution in [3.05, 3.63) is 88.1 Å². The lowest BCUT2D eigenvalue weighted by Gasteiger charge is -2.06. The topological polar surface area (TPSA) is 180 Å². The molecule has 0 aliphatic rings. The van der Waals surface area contributed by atoms with E-state index in [4.69, 9.17) is 5.73 Å². The number of nitrogen functional groups attached to an aromatic ring is 1. The minimum Gasteiger partial charge on any atom is -0.378 e. The minimum absolute atomic E-state index is 0.00385. The fraction of sp³-hybridized carbons (Fsp3) is 0. The molecule has 5 aromatic rings. The van der Waals surface area contributed by atoms with Crippen molar-refractivity contribution in [2.75, 3.05) is 5.73 Å². The summed E-state index contributed by atoms with van der Waals surface area (Å²) in [6, 6.07) is 19.0. The van der Waals surface area contributed by atoms with E-state index in [-0.39, 0.29) is 28.7 Å². The highest BCUT2D eigenvalue weighted by atomic mass is 16.6. The van der Waals surface area contributed by atoms with Crippen molar-refractivity contribution in [3.63, 3.8) is 0 Å². The third-order valence-corrected chi connectivity index (χ3v) is 5.13. The second-order valence-electron chi connectivity index (χ2n) is 7.24. The normalized spacial score (nSPS) is 11.2. The van der Waals surface area contributed by atoms with E-state index in [0.29, 0.717) is 5.56 Å². The van der Waals surface area contributed by atoms with Crippen LogP contribution in [0.1, 0.15) is 16.1 Å². The molecule has 3 N–H and O–H groups in total. The maximum absolute atomic E-state index is 13.0. The largest absolute Gasteiger partial charge is 0.378 e. The van der Waals surface area contributed by atoms with Crippen molar-refractivity contribution in [2.45, 2.75) is 0 Å². The van der Waals surface area contributed by atoms with Gasteiger partial charge < -0.3 is 5.73 Å². The number of hydrazone groups is 1. The summed E-state index contributed by atoms with van der Waals surface area (Å²) in [6.45, 7) is 0. The van der Waals surface area contributed by atoms with Crippen LogP contribution in [-0.2, 0) is 0 Å². The average Bonchev–Trinajstić information content (AvgIpc) is 3.50. The van der Waals surface area contributed by atoms with Gasteiger partial charge in [0.05, 0.1) is 11.1 Å². The summed E-state index contributed by atoms with van der Waals surface area (Å²) in [5.41, 5.74) is 9.36. The Morgan fingerprint density at radius 1 is 1.09 bits per heavy atom. The first kappa shape index (κ1) is 21.4. The molecule has 0 atom stereocenters. The summed E-state index contributed by atoms with van der Waals surface area (Å²) < 4.78 is 5.80. The quantitative estimate of drug-likeness (QED) is 0.215. The Labute approximate surface area is 196 Å². The smallest absolute Gasteiger partial charge is 0.294 e. The Kier molecular flexibility index (Phi) is 5.39. The summed E-state index contributed by atoms with van der Waals surface area (Å²) in [7, 11) is 0.